The lowest BCUT2D eigenvalue weighted by Crippen LogP contribution is -2.24. The first-order chi connectivity index (χ1) is 7.61. The Balaban J connectivity index is 2.24. The highest BCUT2D eigenvalue weighted by Gasteiger charge is 2.29. The molecule has 2 nitrogen and oxygen atoms in total. The molecule has 0 bridgehead atoms. The van der Waals surface area contributed by atoms with E-state index in [1.165, 1.54) is 9.13 Å². The molecule has 1 saturated heterocycles. The number of benzene rings is 1. The number of carbonyl (C=O) groups excluding carboxylic acids is 1. The van der Waals surface area contributed by atoms with Gasteiger partial charge in [0, 0.05) is 27.6 Å². The summed E-state index contributed by atoms with van der Waals surface area (Å²) in [5.41, 5.74) is 2.29. The fraction of sp³-hybridized carbons (Fsp3) is 0.417. The highest BCUT2D eigenvalue weighted by molar-refractivity contribution is 14.1. The van der Waals surface area contributed by atoms with E-state index in [-0.39, 0.29) is 5.91 Å². The minimum atomic E-state index is 0.240. The Kier molecular flexibility index (Phi) is 3.89. The summed E-state index contributed by atoms with van der Waals surface area (Å²) in [6, 6.07) is 6.20. The lowest BCUT2D eigenvalue weighted by atomic mass is 10.2. The van der Waals surface area contributed by atoms with Crippen molar-refractivity contribution >= 4 is 50.1 Å². The molecule has 0 saturated carbocycles. The lowest BCUT2D eigenvalue weighted by Gasteiger charge is -2.17. The highest BCUT2D eigenvalue weighted by atomic mass is 127. The lowest BCUT2D eigenvalue weighted by molar-refractivity contribution is -0.117. The predicted molar refractivity (Wildman–Crippen MR) is 78.2 cm³/mol. The largest absolute Gasteiger partial charge is 0.312 e. The van der Waals surface area contributed by atoms with E-state index in [0.717, 1.165) is 17.6 Å². The van der Waals surface area contributed by atoms with Crippen LogP contribution in [0, 0.1) is 16.4 Å². The van der Waals surface area contributed by atoms with Gasteiger partial charge in [-0.25, -0.2) is 0 Å². The van der Waals surface area contributed by atoms with E-state index < -0.39 is 0 Å². The van der Waals surface area contributed by atoms with Crippen molar-refractivity contribution < 1.29 is 4.79 Å². The topological polar surface area (TPSA) is 20.3 Å². The van der Waals surface area contributed by atoms with E-state index in [2.05, 4.69) is 57.6 Å². The monoisotopic (exact) mass is 393 g/mol. The molecule has 16 heavy (non-hydrogen) atoms. The maximum atomic E-state index is 11.8. The van der Waals surface area contributed by atoms with Crippen molar-refractivity contribution in [2.24, 2.45) is 5.92 Å². The first-order valence-corrected chi connectivity index (χ1v) is 7.44. The Morgan fingerprint density at radius 2 is 2.31 bits per heavy atom. The molecule has 86 valence electrons. The minimum Gasteiger partial charge on any atom is -0.312 e. The Hall–Kier alpha value is -0.100. The molecular weight excluding hydrogens is 381 g/mol. The summed E-state index contributed by atoms with van der Waals surface area (Å²) in [5.74, 6) is 0.690. The number of aryl methyl sites for hydroxylation is 1. The Morgan fingerprint density at radius 1 is 1.56 bits per heavy atom. The van der Waals surface area contributed by atoms with Crippen molar-refractivity contribution in [2.45, 2.75) is 13.3 Å². The van der Waals surface area contributed by atoms with Crippen LogP contribution < -0.4 is 4.90 Å². The maximum absolute atomic E-state index is 11.8. The molecule has 1 aromatic rings. The second kappa shape index (κ2) is 5.04. The molecule has 1 aliphatic rings. The van der Waals surface area contributed by atoms with E-state index in [0.29, 0.717) is 12.3 Å². The van der Waals surface area contributed by atoms with Crippen molar-refractivity contribution in [3.05, 3.63) is 27.3 Å². The van der Waals surface area contributed by atoms with Crippen LogP contribution in [0.5, 0.6) is 0 Å². The van der Waals surface area contributed by atoms with Crippen LogP contribution in [0.15, 0.2) is 18.2 Å². The molecular formula is C12H13BrINO. The summed E-state index contributed by atoms with van der Waals surface area (Å²) in [5, 5.41) is 0.901. The van der Waals surface area contributed by atoms with Crippen molar-refractivity contribution in [1.82, 2.24) is 0 Å². The molecule has 0 spiro atoms. The summed E-state index contributed by atoms with van der Waals surface area (Å²) < 4.78 is 1.21. The Bertz CT molecular complexity index is 421. The molecule has 0 aliphatic carbocycles. The number of rotatable bonds is 2. The van der Waals surface area contributed by atoms with Crippen molar-refractivity contribution in [3.8, 4) is 0 Å². The molecule has 2 rings (SSSR count). The van der Waals surface area contributed by atoms with Crippen LogP contribution in [-0.4, -0.2) is 17.8 Å². The summed E-state index contributed by atoms with van der Waals surface area (Å²) in [6.45, 7) is 2.92. The molecule has 1 aromatic carbocycles. The molecule has 1 heterocycles. The SMILES string of the molecule is Cc1ccc(N2CC(CBr)CC2=O)cc1I. The van der Waals surface area contributed by atoms with Gasteiger partial charge in [-0.2, -0.15) is 0 Å². The number of nitrogens with zero attached hydrogens (tertiary/aromatic N) is 1. The third-order valence-corrected chi connectivity index (χ3v) is 4.97. The Labute approximate surface area is 118 Å². The van der Waals surface area contributed by atoms with Gasteiger partial charge in [-0.15, -0.1) is 0 Å². The van der Waals surface area contributed by atoms with Crippen LogP contribution in [0.2, 0.25) is 0 Å². The summed E-state index contributed by atoms with van der Waals surface area (Å²) in [4.78, 5) is 13.7. The third kappa shape index (κ3) is 2.42. The molecule has 0 radical (unpaired) electrons. The first-order valence-electron chi connectivity index (χ1n) is 5.24. The molecule has 1 amide bonds. The van der Waals surface area contributed by atoms with E-state index >= 15 is 0 Å². The van der Waals surface area contributed by atoms with Gasteiger partial charge >= 0.3 is 0 Å². The number of hydrogen-bond acceptors (Lipinski definition) is 1. The zero-order valence-corrected chi connectivity index (χ0v) is 12.8. The van der Waals surface area contributed by atoms with Crippen LogP contribution in [0.3, 0.4) is 0 Å². The van der Waals surface area contributed by atoms with Crippen LogP contribution in [0.1, 0.15) is 12.0 Å². The minimum absolute atomic E-state index is 0.240. The van der Waals surface area contributed by atoms with Crippen molar-refractivity contribution in [1.29, 1.82) is 0 Å². The zero-order chi connectivity index (χ0) is 11.7. The second-order valence-corrected chi connectivity index (χ2v) is 5.97. The standard InChI is InChI=1S/C12H13BrINO/c1-8-2-3-10(5-11(8)14)15-7-9(6-13)4-12(15)16/h2-3,5,9H,4,6-7H2,1H3. The number of anilines is 1. The maximum Gasteiger partial charge on any atom is 0.227 e. The first kappa shape index (κ1) is 12.4. The fourth-order valence-electron chi connectivity index (χ4n) is 1.88. The van der Waals surface area contributed by atoms with Crippen LogP contribution in [-0.2, 0) is 4.79 Å². The molecule has 0 aromatic heterocycles. The molecule has 1 unspecified atom stereocenters. The number of hydrogen-bond donors (Lipinski definition) is 0. The molecule has 4 heteroatoms. The van der Waals surface area contributed by atoms with Crippen molar-refractivity contribution in [3.63, 3.8) is 0 Å². The van der Waals surface area contributed by atoms with E-state index in [1.54, 1.807) is 0 Å². The third-order valence-electron chi connectivity index (χ3n) is 2.89. The molecule has 0 N–H and O–H groups in total. The number of amides is 1. The van der Waals surface area contributed by atoms with Gasteiger partial charge in [-0.3, -0.25) is 4.79 Å². The van der Waals surface area contributed by atoms with Gasteiger partial charge in [0.15, 0.2) is 0 Å². The summed E-state index contributed by atoms with van der Waals surface area (Å²) in [6.07, 6.45) is 0.662. The predicted octanol–water partition coefficient (Wildman–Crippen LogP) is 3.35. The molecule has 1 atom stereocenters. The van der Waals surface area contributed by atoms with Crippen LogP contribution in [0.4, 0.5) is 5.69 Å². The van der Waals surface area contributed by atoms with Gasteiger partial charge in [0.05, 0.1) is 0 Å². The van der Waals surface area contributed by atoms with E-state index in [4.69, 9.17) is 0 Å². The summed E-state index contributed by atoms with van der Waals surface area (Å²) >= 11 is 5.76. The number of carbonyl (C=O) groups is 1. The van der Waals surface area contributed by atoms with Gasteiger partial charge in [-0.05, 0) is 53.1 Å². The van der Waals surface area contributed by atoms with E-state index in [1.807, 2.05) is 11.0 Å². The van der Waals surface area contributed by atoms with Gasteiger partial charge in [0.25, 0.3) is 0 Å². The highest BCUT2D eigenvalue weighted by Crippen LogP contribution is 2.28. The normalized spacial score (nSPS) is 20.6. The van der Waals surface area contributed by atoms with Gasteiger partial charge < -0.3 is 4.90 Å². The quantitative estimate of drug-likeness (QED) is 0.557. The Morgan fingerprint density at radius 3 is 2.88 bits per heavy atom. The number of alkyl halides is 1. The molecule has 1 aliphatic heterocycles. The van der Waals surface area contributed by atoms with Crippen LogP contribution in [0.25, 0.3) is 0 Å². The van der Waals surface area contributed by atoms with Gasteiger partial charge in [0.2, 0.25) is 5.91 Å². The second-order valence-electron chi connectivity index (χ2n) is 4.16. The molecule has 1 fully saturated rings. The van der Waals surface area contributed by atoms with Gasteiger partial charge in [-0.1, -0.05) is 22.0 Å². The average Bonchev–Trinajstić information content (AvgIpc) is 2.64. The van der Waals surface area contributed by atoms with Crippen molar-refractivity contribution in [2.75, 3.05) is 16.8 Å². The number of halogens is 2. The fourth-order valence-corrected chi connectivity index (χ4v) is 2.82. The summed E-state index contributed by atoms with van der Waals surface area (Å²) in [7, 11) is 0. The van der Waals surface area contributed by atoms with Gasteiger partial charge in [0.1, 0.15) is 0 Å². The average molecular weight is 394 g/mol. The van der Waals surface area contributed by atoms with Crippen LogP contribution >= 0.6 is 38.5 Å². The zero-order valence-electron chi connectivity index (χ0n) is 9.04. The van der Waals surface area contributed by atoms with E-state index in [9.17, 15) is 4.79 Å². The smallest absolute Gasteiger partial charge is 0.227 e.